The molecule has 0 spiro atoms. The topological polar surface area (TPSA) is 69.9 Å². The van der Waals surface area contributed by atoms with Crippen molar-refractivity contribution in [2.45, 2.75) is 101 Å². The maximum Gasteiger partial charge on any atom is 0.305 e. The van der Waals surface area contributed by atoms with E-state index in [0.717, 1.165) is 47.7 Å². The van der Waals surface area contributed by atoms with Crippen molar-refractivity contribution in [2.24, 2.45) is 0 Å². The zero-order valence-electron chi connectivity index (χ0n) is 22.4. The van der Waals surface area contributed by atoms with Gasteiger partial charge in [-0.1, -0.05) is 101 Å². The van der Waals surface area contributed by atoms with Crippen LogP contribution >= 0.6 is 23.4 Å². The summed E-state index contributed by atoms with van der Waals surface area (Å²) in [4.78, 5) is 24.8. The molecule has 2 heterocycles. The number of hydrogen-bond donors (Lipinski definition) is 0. The van der Waals surface area contributed by atoms with Crippen molar-refractivity contribution in [3.05, 3.63) is 35.6 Å². The van der Waals surface area contributed by atoms with E-state index in [-0.39, 0.29) is 11.3 Å². The highest BCUT2D eigenvalue weighted by molar-refractivity contribution is 7.98. The van der Waals surface area contributed by atoms with Gasteiger partial charge in [-0.05, 0) is 30.7 Å². The number of thioether (sulfide) groups is 1. The number of aryl methyl sites for hydroxylation is 1. The lowest BCUT2D eigenvalue weighted by atomic mass is 10.0. The monoisotopic (exact) mass is 544 g/mol. The number of imidazole rings is 1. The fraction of sp³-hybridized carbons (Fsp3) is 0.586. The maximum atomic E-state index is 11.1. The number of nitrogens with zero attached hydrogens (tertiary/aromatic N) is 4. The van der Waals surface area contributed by atoms with Gasteiger partial charge in [0, 0.05) is 18.5 Å². The molecule has 0 bridgehead atoms. The lowest BCUT2D eigenvalue weighted by molar-refractivity contribution is -0.140. The highest BCUT2D eigenvalue weighted by atomic mass is 35.5. The molecule has 0 saturated heterocycles. The van der Waals surface area contributed by atoms with E-state index in [1.807, 2.05) is 24.5 Å². The predicted molar refractivity (Wildman–Crippen MR) is 154 cm³/mol. The van der Waals surface area contributed by atoms with E-state index < -0.39 is 0 Å². The number of carbonyl (C=O) groups excluding carboxylic acids is 1. The summed E-state index contributed by atoms with van der Waals surface area (Å²) in [7, 11) is 1.46. The number of unbranched alkanes of at least 4 members (excludes halogenated alkanes) is 12. The molecular weight excluding hydrogens is 504 g/mol. The summed E-state index contributed by atoms with van der Waals surface area (Å²) in [6.07, 6.45) is 18.7. The van der Waals surface area contributed by atoms with E-state index in [1.54, 1.807) is 11.8 Å². The molecule has 3 aromatic rings. The molecule has 3 rings (SSSR count). The van der Waals surface area contributed by atoms with Crippen LogP contribution in [0.5, 0.6) is 0 Å². The Morgan fingerprint density at radius 2 is 1.41 bits per heavy atom. The van der Waals surface area contributed by atoms with E-state index in [1.165, 1.54) is 71.3 Å². The Labute approximate surface area is 231 Å². The van der Waals surface area contributed by atoms with Crippen LogP contribution in [0.15, 0.2) is 35.4 Å². The lowest BCUT2D eigenvalue weighted by Gasteiger charge is -2.11. The second-order valence-electron chi connectivity index (χ2n) is 9.55. The van der Waals surface area contributed by atoms with Gasteiger partial charge in [0.1, 0.15) is 16.4 Å². The van der Waals surface area contributed by atoms with Crippen LogP contribution in [-0.2, 0) is 16.1 Å². The average molecular weight is 545 g/mol. The Balaban J connectivity index is 1.35. The Bertz CT molecular complexity index is 1090. The molecule has 0 radical (unpaired) electrons. The fourth-order valence-corrected chi connectivity index (χ4v) is 5.52. The van der Waals surface area contributed by atoms with Crippen molar-refractivity contribution in [3.8, 4) is 11.4 Å². The van der Waals surface area contributed by atoms with Crippen LogP contribution in [-0.4, -0.2) is 38.9 Å². The number of esters is 1. The summed E-state index contributed by atoms with van der Waals surface area (Å²) in [6, 6.07) is 10.3. The second-order valence-corrected chi connectivity index (χ2v) is 10.7. The van der Waals surface area contributed by atoms with Crippen LogP contribution in [0.25, 0.3) is 22.6 Å². The number of hydrogen-bond acceptors (Lipinski definition) is 6. The van der Waals surface area contributed by atoms with Gasteiger partial charge in [-0.15, -0.1) is 11.8 Å². The molecule has 37 heavy (non-hydrogen) atoms. The number of benzene rings is 1. The summed E-state index contributed by atoms with van der Waals surface area (Å²) in [6.45, 7) is 0.902. The molecule has 0 aliphatic carbocycles. The van der Waals surface area contributed by atoms with E-state index in [2.05, 4.69) is 31.4 Å². The molecule has 1 aromatic carbocycles. The molecule has 0 aliphatic heterocycles. The summed E-state index contributed by atoms with van der Waals surface area (Å²) in [5.41, 5.74) is 2.74. The Morgan fingerprint density at radius 3 is 1.97 bits per heavy atom. The third kappa shape index (κ3) is 9.60. The van der Waals surface area contributed by atoms with Crippen molar-refractivity contribution < 1.29 is 9.53 Å². The highest BCUT2D eigenvalue weighted by Gasteiger charge is 2.18. The molecule has 0 saturated carbocycles. The first-order valence-electron chi connectivity index (χ1n) is 13.7. The normalized spacial score (nSPS) is 11.3. The van der Waals surface area contributed by atoms with Crippen LogP contribution in [0.1, 0.15) is 89.9 Å². The molecule has 0 aliphatic rings. The van der Waals surface area contributed by atoms with Gasteiger partial charge in [-0.3, -0.25) is 4.79 Å². The molecule has 0 fully saturated rings. The average Bonchev–Trinajstić information content (AvgIpc) is 3.28. The maximum absolute atomic E-state index is 11.1. The molecule has 0 amide bonds. The number of ether oxygens (including phenoxy) is 1. The van der Waals surface area contributed by atoms with Crippen LogP contribution in [0.3, 0.4) is 0 Å². The van der Waals surface area contributed by atoms with Gasteiger partial charge in [0.05, 0.1) is 7.11 Å². The van der Waals surface area contributed by atoms with Crippen LogP contribution in [0, 0.1) is 0 Å². The van der Waals surface area contributed by atoms with Gasteiger partial charge >= 0.3 is 5.97 Å². The Morgan fingerprint density at radius 1 is 0.838 bits per heavy atom. The first kappa shape index (κ1) is 29.4. The molecule has 8 heteroatoms. The van der Waals surface area contributed by atoms with Crippen molar-refractivity contribution in [2.75, 3.05) is 13.4 Å². The van der Waals surface area contributed by atoms with Crippen molar-refractivity contribution >= 4 is 40.5 Å². The highest BCUT2D eigenvalue weighted by Crippen LogP contribution is 2.30. The molecule has 0 atom stereocenters. The number of halogens is 1. The number of rotatable bonds is 18. The van der Waals surface area contributed by atoms with Gasteiger partial charge in [-0.2, -0.15) is 4.98 Å². The van der Waals surface area contributed by atoms with Gasteiger partial charge < -0.3 is 9.30 Å². The Hall–Kier alpha value is -2.12. The molecule has 0 N–H and O–H groups in total. The quantitative estimate of drug-likeness (QED) is 0.0525. The molecular formula is C29H41ClN4O2S. The van der Waals surface area contributed by atoms with Crippen LogP contribution in [0.4, 0.5) is 0 Å². The zero-order chi connectivity index (χ0) is 26.3. The van der Waals surface area contributed by atoms with Gasteiger partial charge in [0.15, 0.2) is 5.65 Å². The van der Waals surface area contributed by atoms with Crippen LogP contribution < -0.4 is 0 Å². The largest absolute Gasteiger partial charge is 0.469 e. The third-order valence-corrected chi connectivity index (χ3v) is 7.60. The minimum atomic E-state index is -0.0862. The summed E-state index contributed by atoms with van der Waals surface area (Å²) in [5, 5.41) is 1.13. The number of fused-ring (bicyclic) bond motifs is 1. The van der Waals surface area contributed by atoms with Gasteiger partial charge in [0.2, 0.25) is 5.28 Å². The first-order chi connectivity index (χ1) is 18.1. The minimum Gasteiger partial charge on any atom is -0.469 e. The smallest absolute Gasteiger partial charge is 0.305 e. The molecule has 202 valence electrons. The lowest BCUT2D eigenvalue weighted by Crippen LogP contribution is -2.03. The van der Waals surface area contributed by atoms with Gasteiger partial charge in [-0.25, -0.2) is 9.97 Å². The minimum absolute atomic E-state index is 0.0862. The van der Waals surface area contributed by atoms with Crippen LogP contribution in [0.2, 0.25) is 5.28 Å². The predicted octanol–water partition coefficient (Wildman–Crippen LogP) is 8.50. The SMILES string of the molecule is COC(=O)CCCCCCCCCCCCCCCn1c(-c2ccccc2)nc2nc(Cl)nc(SC)c21. The van der Waals surface area contributed by atoms with E-state index >= 15 is 0 Å². The summed E-state index contributed by atoms with van der Waals surface area (Å²) < 4.78 is 6.96. The zero-order valence-corrected chi connectivity index (χ0v) is 24.0. The van der Waals surface area contributed by atoms with E-state index in [0.29, 0.717) is 12.1 Å². The third-order valence-electron chi connectivity index (χ3n) is 6.76. The second kappa shape index (κ2) is 16.7. The van der Waals surface area contributed by atoms with E-state index in [4.69, 9.17) is 16.6 Å². The summed E-state index contributed by atoms with van der Waals surface area (Å²) >= 11 is 7.75. The first-order valence-corrected chi connectivity index (χ1v) is 15.3. The van der Waals surface area contributed by atoms with Crippen molar-refractivity contribution in [1.82, 2.24) is 19.5 Å². The van der Waals surface area contributed by atoms with Crippen molar-refractivity contribution in [3.63, 3.8) is 0 Å². The Kier molecular flexibility index (Phi) is 13.3. The standard InChI is InChI=1S/C29H41ClN4O2S/c1-36-24(35)21-17-12-10-8-6-4-3-5-7-9-11-13-18-22-34-25-26(32-29(30)33-28(25)37-2)31-27(34)23-19-15-14-16-20-23/h14-16,19-20H,3-13,17-18,21-22H2,1-2H3. The number of methoxy groups -OCH3 is 1. The van der Waals surface area contributed by atoms with E-state index in [9.17, 15) is 4.79 Å². The number of aromatic nitrogens is 4. The molecule has 6 nitrogen and oxygen atoms in total. The fourth-order valence-electron chi connectivity index (χ4n) is 4.73. The number of carbonyl (C=O) groups is 1. The molecule has 2 aromatic heterocycles. The van der Waals surface area contributed by atoms with Gasteiger partial charge in [0.25, 0.3) is 0 Å². The summed E-state index contributed by atoms with van der Waals surface area (Å²) in [5.74, 6) is 0.850. The molecule has 0 unspecified atom stereocenters. The van der Waals surface area contributed by atoms with Crippen molar-refractivity contribution in [1.29, 1.82) is 0 Å².